The molecule has 0 spiro atoms. The fourth-order valence-corrected chi connectivity index (χ4v) is 6.27. The first-order valence-electron chi connectivity index (χ1n) is 10.4. The van der Waals surface area contributed by atoms with Crippen LogP contribution in [-0.4, -0.2) is 25.4 Å². The first kappa shape index (κ1) is 20.4. The number of oxime groups is 1. The Bertz CT molecular complexity index is 1200. The largest absolute Gasteiger partial charge is 0.447 e. The zero-order valence-corrected chi connectivity index (χ0v) is 18.3. The molecular weight excluding hydrogens is 442 g/mol. The second-order valence-electron chi connectivity index (χ2n) is 8.17. The summed E-state index contributed by atoms with van der Waals surface area (Å²) in [5.74, 6) is 0.438. The van der Waals surface area contributed by atoms with Gasteiger partial charge in [0.1, 0.15) is 5.76 Å². The van der Waals surface area contributed by atoms with E-state index in [9.17, 15) is 13.2 Å². The van der Waals surface area contributed by atoms with Gasteiger partial charge < -0.3 is 14.9 Å². The summed E-state index contributed by atoms with van der Waals surface area (Å²) < 4.78 is 33.1. The van der Waals surface area contributed by atoms with Gasteiger partial charge in [0.2, 0.25) is 5.09 Å². The van der Waals surface area contributed by atoms with Gasteiger partial charge in [-0.15, -0.1) is 0 Å². The van der Waals surface area contributed by atoms with Gasteiger partial charge in [-0.1, -0.05) is 16.8 Å². The predicted molar refractivity (Wildman–Crippen MR) is 115 cm³/mol. The standard InChI is InChI=1S/C21H22ClN3O5S/c22-19-11-4-1-6-13(11)20(14-7-2-5-12(14)19)23-21(26)25-31(28,29)18-10-15-16(24-27)8-3-9-17(15)30-18/h10,27H,1-9H2,(H2,23,25,26)/b24-16-. The van der Waals surface area contributed by atoms with Gasteiger partial charge >= 0.3 is 6.03 Å². The molecule has 3 aliphatic rings. The summed E-state index contributed by atoms with van der Waals surface area (Å²) >= 11 is 6.60. The van der Waals surface area contributed by atoms with Gasteiger partial charge in [0.25, 0.3) is 10.0 Å². The third-order valence-corrected chi connectivity index (χ3v) is 7.98. The van der Waals surface area contributed by atoms with Crippen LogP contribution in [0.15, 0.2) is 20.7 Å². The number of benzene rings is 1. The van der Waals surface area contributed by atoms with E-state index >= 15 is 0 Å². The van der Waals surface area contributed by atoms with Crippen LogP contribution in [0.2, 0.25) is 5.02 Å². The lowest BCUT2D eigenvalue weighted by Crippen LogP contribution is -2.34. The number of carbonyl (C=O) groups is 1. The van der Waals surface area contributed by atoms with E-state index in [1.807, 2.05) is 0 Å². The smallest absolute Gasteiger partial charge is 0.333 e. The molecule has 0 unspecified atom stereocenters. The number of rotatable bonds is 3. The number of fused-ring (bicyclic) bond motifs is 3. The van der Waals surface area contributed by atoms with Crippen LogP contribution in [0, 0.1) is 0 Å². The highest BCUT2D eigenvalue weighted by Crippen LogP contribution is 2.44. The highest BCUT2D eigenvalue weighted by Gasteiger charge is 2.31. The number of aryl methyl sites for hydroxylation is 1. The molecule has 0 aliphatic heterocycles. The van der Waals surface area contributed by atoms with Crippen molar-refractivity contribution in [3.05, 3.63) is 44.7 Å². The average Bonchev–Trinajstić information content (AvgIpc) is 3.49. The van der Waals surface area contributed by atoms with Crippen molar-refractivity contribution in [3.63, 3.8) is 0 Å². The maximum Gasteiger partial charge on any atom is 0.333 e. The fraction of sp³-hybridized carbons (Fsp3) is 0.429. The SMILES string of the molecule is O=C(Nc1c2c(c(Cl)c3c1CCC3)CCC2)NS(=O)(=O)c1cc2c(o1)CCC/C2=N/O. The van der Waals surface area contributed by atoms with Gasteiger partial charge in [0.15, 0.2) is 0 Å². The number of halogens is 1. The molecule has 1 aromatic carbocycles. The zero-order valence-electron chi connectivity index (χ0n) is 16.8. The molecule has 0 radical (unpaired) electrons. The maximum absolute atomic E-state index is 12.8. The van der Waals surface area contributed by atoms with Crippen LogP contribution in [0.3, 0.4) is 0 Å². The average molecular weight is 464 g/mol. The van der Waals surface area contributed by atoms with Crippen LogP contribution in [-0.2, 0) is 42.1 Å². The summed E-state index contributed by atoms with van der Waals surface area (Å²) in [5.41, 5.74) is 5.69. The molecule has 1 aromatic heterocycles. The van der Waals surface area contributed by atoms with Gasteiger partial charge in [-0.3, -0.25) is 0 Å². The van der Waals surface area contributed by atoms with Gasteiger partial charge in [-0.05, 0) is 73.6 Å². The van der Waals surface area contributed by atoms with Crippen molar-refractivity contribution >= 4 is 39.1 Å². The number of amides is 2. The van der Waals surface area contributed by atoms with E-state index in [-0.39, 0.29) is 5.09 Å². The minimum atomic E-state index is -4.23. The lowest BCUT2D eigenvalue weighted by atomic mass is 9.97. The third-order valence-electron chi connectivity index (χ3n) is 6.33. The van der Waals surface area contributed by atoms with Gasteiger partial charge in [-0.2, -0.15) is 8.42 Å². The van der Waals surface area contributed by atoms with Crippen LogP contribution in [0.4, 0.5) is 10.5 Å². The Morgan fingerprint density at radius 2 is 1.61 bits per heavy atom. The number of nitrogens with zero attached hydrogens (tertiary/aromatic N) is 1. The molecule has 10 heteroatoms. The van der Waals surface area contributed by atoms with E-state index in [0.717, 1.165) is 65.8 Å². The summed E-state index contributed by atoms with van der Waals surface area (Å²) in [6.45, 7) is 0. The van der Waals surface area contributed by atoms with E-state index in [1.54, 1.807) is 0 Å². The second-order valence-corrected chi connectivity index (χ2v) is 10.2. The summed E-state index contributed by atoms with van der Waals surface area (Å²) in [5, 5.41) is 15.6. The summed E-state index contributed by atoms with van der Waals surface area (Å²) in [6, 6.07) is 0.465. The minimum absolute atomic E-state index is 0.373. The summed E-state index contributed by atoms with van der Waals surface area (Å²) in [7, 11) is -4.23. The zero-order chi connectivity index (χ0) is 21.8. The number of furan rings is 1. The van der Waals surface area contributed by atoms with Crippen LogP contribution < -0.4 is 10.0 Å². The van der Waals surface area contributed by atoms with E-state index < -0.39 is 16.1 Å². The first-order chi connectivity index (χ1) is 14.9. The molecule has 1 heterocycles. The molecule has 0 bridgehead atoms. The molecule has 5 rings (SSSR count). The summed E-state index contributed by atoms with van der Waals surface area (Å²) in [4.78, 5) is 12.7. The molecule has 0 saturated heterocycles. The number of anilines is 1. The Hall–Kier alpha value is -2.52. The topological polar surface area (TPSA) is 121 Å². The Balaban J connectivity index is 1.42. The molecule has 164 valence electrons. The Kier molecular flexibility index (Phi) is 4.97. The van der Waals surface area contributed by atoms with Crippen molar-refractivity contribution in [3.8, 4) is 0 Å². The highest BCUT2D eigenvalue weighted by atomic mass is 35.5. The quantitative estimate of drug-likeness (QED) is 0.470. The molecule has 2 amide bonds. The van der Waals surface area contributed by atoms with E-state index in [1.165, 1.54) is 6.07 Å². The normalized spacial score (nSPS) is 18.5. The molecule has 0 saturated carbocycles. The summed E-state index contributed by atoms with van der Waals surface area (Å²) in [6.07, 6.45) is 7.02. The molecule has 3 aliphatic carbocycles. The predicted octanol–water partition coefficient (Wildman–Crippen LogP) is 3.94. The highest BCUT2D eigenvalue weighted by molar-refractivity contribution is 7.89. The van der Waals surface area contributed by atoms with E-state index in [4.69, 9.17) is 21.2 Å². The van der Waals surface area contributed by atoms with Crippen molar-refractivity contribution in [1.29, 1.82) is 0 Å². The maximum atomic E-state index is 12.8. The van der Waals surface area contributed by atoms with Crippen LogP contribution in [0.5, 0.6) is 0 Å². The van der Waals surface area contributed by atoms with Crippen LogP contribution >= 0.6 is 11.6 Å². The molecule has 0 atom stereocenters. The fourth-order valence-electron chi connectivity index (χ4n) is 4.97. The van der Waals surface area contributed by atoms with E-state index in [2.05, 4.69) is 15.2 Å². The van der Waals surface area contributed by atoms with Gasteiger partial charge in [0.05, 0.1) is 5.71 Å². The van der Waals surface area contributed by atoms with Crippen LogP contribution in [0.25, 0.3) is 0 Å². The number of nitrogens with one attached hydrogen (secondary N) is 2. The van der Waals surface area contributed by atoms with Crippen molar-refractivity contribution < 1.29 is 22.8 Å². The lowest BCUT2D eigenvalue weighted by Gasteiger charge is -2.18. The lowest BCUT2D eigenvalue weighted by molar-refractivity contribution is 0.256. The molecule has 0 fully saturated rings. The number of urea groups is 1. The minimum Gasteiger partial charge on any atom is -0.447 e. The number of sulfonamides is 1. The number of carbonyl (C=O) groups excluding carboxylic acids is 1. The van der Waals surface area contributed by atoms with Crippen molar-refractivity contribution in [2.45, 2.75) is 62.9 Å². The van der Waals surface area contributed by atoms with Crippen molar-refractivity contribution in [1.82, 2.24) is 4.72 Å². The van der Waals surface area contributed by atoms with E-state index in [0.29, 0.717) is 42.0 Å². The Morgan fingerprint density at radius 1 is 1.00 bits per heavy atom. The Labute approximate surface area is 184 Å². The molecule has 8 nitrogen and oxygen atoms in total. The van der Waals surface area contributed by atoms with Crippen molar-refractivity contribution in [2.75, 3.05) is 5.32 Å². The first-order valence-corrected chi connectivity index (χ1v) is 12.3. The molecule has 3 N–H and O–H groups in total. The molecule has 31 heavy (non-hydrogen) atoms. The van der Waals surface area contributed by atoms with Crippen molar-refractivity contribution in [2.24, 2.45) is 5.16 Å². The third kappa shape index (κ3) is 3.40. The molecule has 2 aromatic rings. The van der Waals surface area contributed by atoms with Crippen LogP contribution in [0.1, 0.15) is 59.3 Å². The van der Waals surface area contributed by atoms with Gasteiger partial charge in [0, 0.05) is 28.8 Å². The number of hydrogen-bond donors (Lipinski definition) is 3. The Morgan fingerprint density at radius 3 is 2.26 bits per heavy atom. The van der Waals surface area contributed by atoms with Gasteiger partial charge in [-0.25, -0.2) is 9.52 Å². The second kappa shape index (κ2) is 7.56. The molecular formula is C21H22ClN3O5S. The number of hydrogen-bond acceptors (Lipinski definition) is 6. The monoisotopic (exact) mass is 463 g/mol.